The van der Waals surface area contributed by atoms with Gasteiger partial charge in [0.15, 0.2) is 5.78 Å². The highest BCUT2D eigenvalue weighted by Gasteiger charge is 2.28. The van der Waals surface area contributed by atoms with Gasteiger partial charge in [-0.2, -0.15) is 0 Å². The van der Waals surface area contributed by atoms with E-state index in [4.69, 9.17) is 4.74 Å². The maximum Gasteiger partial charge on any atom is 0.223 e. The number of ether oxygens (including phenoxy) is 1. The summed E-state index contributed by atoms with van der Waals surface area (Å²) in [5.74, 6) is -0.509. The van der Waals surface area contributed by atoms with E-state index in [0.717, 1.165) is 16.3 Å². The van der Waals surface area contributed by atoms with Crippen molar-refractivity contribution in [2.75, 3.05) is 26.3 Å². The number of carbonyl (C=O) groups is 2. The molecule has 1 fully saturated rings. The highest BCUT2D eigenvalue weighted by Crippen LogP contribution is 2.28. The van der Waals surface area contributed by atoms with Gasteiger partial charge in [0, 0.05) is 25.1 Å². The second-order valence-electron chi connectivity index (χ2n) is 7.09. The molecule has 3 aromatic carbocycles. The molecule has 4 heteroatoms. The summed E-state index contributed by atoms with van der Waals surface area (Å²) in [6.07, 6.45) is 0.173. The predicted octanol–water partition coefficient (Wildman–Crippen LogP) is 4.06. The summed E-state index contributed by atoms with van der Waals surface area (Å²) in [4.78, 5) is 28.0. The van der Waals surface area contributed by atoms with Gasteiger partial charge in [0.2, 0.25) is 5.91 Å². The quantitative estimate of drug-likeness (QED) is 0.634. The number of carbonyl (C=O) groups excluding carboxylic acids is 2. The van der Waals surface area contributed by atoms with Crippen molar-refractivity contribution < 1.29 is 14.3 Å². The molecular formula is C24H23NO3. The number of hydrogen-bond donors (Lipinski definition) is 0. The summed E-state index contributed by atoms with van der Waals surface area (Å²) in [5.41, 5.74) is 1.52. The Bertz CT molecular complexity index is 977. The van der Waals surface area contributed by atoms with Crippen LogP contribution in [0.4, 0.5) is 0 Å². The van der Waals surface area contributed by atoms with E-state index >= 15 is 0 Å². The molecule has 142 valence electrons. The van der Waals surface area contributed by atoms with Gasteiger partial charge in [0.05, 0.1) is 19.1 Å². The van der Waals surface area contributed by atoms with Crippen LogP contribution in [0.1, 0.15) is 28.3 Å². The van der Waals surface area contributed by atoms with Crippen LogP contribution >= 0.6 is 0 Å². The molecule has 3 aromatic rings. The summed E-state index contributed by atoms with van der Waals surface area (Å²) in [5, 5.41) is 2.20. The fourth-order valence-corrected chi connectivity index (χ4v) is 3.71. The minimum atomic E-state index is -0.498. The van der Waals surface area contributed by atoms with Crippen LogP contribution in [0.5, 0.6) is 0 Å². The van der Waals surface area contributed by atoms with Crippen molar-refractivity contribution in [2.24, 2.45) is 0 Å². The van der Waals surface area contributed by atoms with Gasteiger partial charge in [-0.1, -0.05) is 72.8 Å². The van der Waals surface area contributed by atoms with E-state index in [0.29, 0.717) is 31.9 Å². The second kappa shape index (κ2) is 8.36. The third kappa shape index (κ3) is 3.97. The van der Waals surface area contributed by atoms with Crippen LogP contribution in [0.2, 0.25) is 0 Å². The third-order valence-electron chi connectivity index (χ3n) is 5.29. The number of ketones is 1. The van der Waals surface area contributed by atoms with Gasteiger partial charge in [-0.05, 0) is 16.3 Å². The fourth-order valence-electron chi connectivity index (χ4n) is 3.71. The molecule has 0 spiro atoms. The zero-order valence-electron chi connectivity index (χ0n) is 15.7. The number of benzene rings is 3. The lowest BCUT2D eigenvalue weighted by atomic mass is 9.86. The number of amides is 1. The van der Waals surface area contributed by atoms with Crippen LogP contribution < -0.4 is 0 Å². The standard InChI is InChI=1S/C24H23NO3/c26-23(25-12-14-28-15-13-25)17-22(24(27)19-7-2-1-3-8-19)21-11-10-18-6-4-5-9-20(18)16-21/h1-11,16,22H,12-15,17H2. The zero-order valence-corrected chi connectivity index (χ0v) is 15.7. The second-order valence-corrected chi connectivity index (χ2v) is 7.09. The molecular weight excluding hydrogens is 350 g/mol. The first kappa shape index (κ1) is 18.4. The SMILES string of the molecule is O=C(c1ccccc1)C(CC(=O)N1CCOCC1)c1ccc2ccccc2c1. The first-order valence-electron chi connectivity index (χ1n) is 9.66. The van der Waals surface area contributed by atoms with Gasteiger partial charge in [-0.25, -0.2) is 0 Å². The smallest absolute Gasteiger partial charge is 0.223 e. The van der Waals surface area contributed by atoms with Crippen molar-refractivity contribution in [1.29, 1.82) is 0 Å². The van der Waals surface area contributed by atoms with E-state index in [2.05, 4.69) is 0 Å². The fraction of sp³-hybridized carbons (Fsp3) is 0.250. The monoisotopic (exact) mass is 373 g/mol. The molecule has 1 amide bonds. The van der Waals surface area contributed by atoms with Crippen LogP contribution in [0, 0.1) is 0 Å². The number of Topliss-reactive ketones (excluding diaryl/α,β-unsaturated/α-hetero) is 1. The Kier molecular flexibility index (Phi) is 5.49. The van der Waals surface area contributed by atoms with Crippen LogP contribution in [0.15, 0.2) is 72.8 Å². The molecule has 1 aliphatic heterocycles. The van der Waals surface area contributed by atoms with Gasteiger partial charge in [-0.3, -0.25) is 9.59 Å². The number of fused-ring (bicyclic) bond motifs is 1. The molecule has 0 aliphatic carbocycles. The third-order valence-corrected chi connectivity index (χ3v) is 5.29. The molecule has 4 rings (SSSR count). The molecule has 0 radical (unpaired) electrons. The Hall–Kier alpha value is -2.98. The molecule has 1 saturated heterocycles. The minimum absolute atomic E-state index is 0.00531. The Labute approximate surface area is 164 Å². The molecule has 0 bridgehead atoms. The molecule has 1 aliphatic rings. The Morgan fingerprint density at radius 2 is 1.54 bits per heavy atom. The lowest BCUT2D eigenvalue weighted by Gasteiger charge is -2.28. The van der Waals surface area contributed by atoms with Crippen molar-refractivity contribution in [3.63, 3.8) is 0 Å². The van der Waals surface area contributed by atoms with Crippen molar-refractivity contribution in [2.45, 2.75) is 12.3 Å². The van der Waals surface area contributed by atoms with Crippen LogP contribution in [0.25, 0.3) is 10.8 Å². The van der Waals surface area contributed by atoms with Gasteiger partial charge in [0.1, 0.15) is 0 Å². The highest BCUT2D eigenvalue weighted by molar-refractivity contribution is 6.03. The van der Waals surface area contributed by atoms with Gasteiger partial charge in [0.25, 0.3) is 0 Å². The first-order valence-corrected chi connectivity index (χ1v) is 9.66. The van der Waals surface area contributed by atoms with E-state index in [9.17, 15) is 9.59 Å². The molecule has 4 nitrogen and oxygen atoms in total. The average molecular weight is 373 g/mol. The number of rotatable bonds is 5. The maximum atomic E-state index is 13.3. The summed E-state index contributed by atoms with van der Waals surface area (Å²) in [6.45, 7) is 2.28. The van der Waals surface area contributed by atoms with Crippen LogP contribution in [-0.2, 0) is 9.53 Å². The largest absolute Gasteiger partial charge is 0.378 e. The normalized spacial score (nSPS) is 15.4. The molecule has 28 heavy (non-hydrogen) atoms. The lowest BCUT2D eigenvalue weighted by molar-refractivity contribution is -0.135. The van der Waals surface area contributed by atoms with E-state index in [1.54, 1.807) is 4.90 Å². The van der Waals surface area contributed by atoms with E-state index in [1.807, 2.05) is 72.8 Å². The highest BCUT2D eigenvalue weighted by atomic mass is 16.5. The van der Waals surface area contributed by atoms with Crippen molar-refractivity contribution in [1.82, 2.24) is 4.90 Å². The maximum absolute atomic E-state index is 13.3. The predicted molar refractivity (Wildman–Crippen MR) is 109 cm³/mol. The van der Waals surface area contributed by atoms with Gasteiger partial charge >= 0.3 is 0 Å². The number of hydrogen-bond acceptors (Lipinski definition) is 3. The van der Waals surface area contributed by atoms with Crippen LogP contribution in [-0.4, -0.2) is 42.9 Å². The first-order chi connectivity index (χ1) is 13.7. The zero-order chi connectivity index (χ0) is 19.3. The van der Waals surface area contributed by atoms with Gasteiger partial charge in [-0.15, -0.1) is 0 Å². The minimum Gasteiger partial charge on any atom is -0.378 e. The lowest BCUT2D eigenvalue weighted by Crippen LogP contribution is -2.41. The van der Waals surface area contributed by atoms with E-state index in [-0.39, 0.29) is 18.1 Å². The summed E-state index contributed by atoms with van der Waals surface area (Å²) < 4.78 is 5.34. The van der Waals surface area contributed by atoms with Crippen LogP contribution in [0.3, 0.4) is 0 Å². The number of morpholine rings is 1. The molecule has 0 aromatic heterocycles. The molecule has 1 unspecified atom stereocenters. The van der Waals surface area contributed by atoms with E-state index < -0.39 is 5.92 Å². The Morgan fingerprint density at radius 1 is 0.857 bits per heavy atom. The number of nitrogens with zero attached hydrogens (tertiary/aromatic N) is 1. The molecule has 0 N–H and O–H groups in total. The summed E-state index contributed by atoms with van der Waals surface area (Å²) >= 11 is 0. The Morgan fingerprint density at radius 3 is 2.29 bits per heavy atom. The molecule has 0 saturated carbocycles. The van der Waals surface area contributed by atoms with Crippen molar-refractivity contribution in [3.8, 4) is 0 Å². The Balaban J connectivity index is 1.67. The molecule has 1 heterocycles. The van der Waals surface area contributed by atoms with Crippen molar-refractivity contribution >= 4 is 22.5 Å². The topological polar surface area (TPSA) is 46.6 Å². The summed E-state index contributed by atoms with van der Waals surface area (Å²) in [7, 11) is 0. The van der Waals surface area contributed by atoms with Crippen molar-refractivity contribution in [3.05, 3.63) is 83.9 Å². The van der Waals surface area contributed by atoms with Gasteiger partial charge < -0.3 is 9.64 Å². The molecule has 1 atom stereocenters. The van der Waals surface area contributed by atoms with E-state index in [1.165, 1.54) is 0 Å². The summed E-state index contributed by atoms with van der Waals surface area (Å²) in [6, 6.07) is 23.3. The average Bonchev–Trinajstić information content (AvgIpc) is 2.77.